The lowest BCUT2D eigenvalue weighted by atomic mass is 9.37. The van der Waals surface area contributed by atoms with E-state index in [1.165, 1.54) is 6.92 Å². The van der Waals surface area contributed by atoms with Crippen LogP contribution in [0.1, 0.15) is 67.7 Å². The van der Waals surface area contributed by atoms with E-state index in [0.29, 0.717) is 6.42 Å². The van der Waals surface area contributed by atoms with Crippen molar-refractivity contribution in [1.82, 2.24) is 0 Å². The van der Waals surface area contributed by atoms with Gasteiger partial charge in [-0.3, -0.25) is 14.4 Å². The van der Waals surface area contributed by atoms with Gasteiger partial charge in [0, 0.05) is 48.0 Å². The Balaban J connectivity index is 1.97. The van der Waals surface area contributed by atoms with Crippen molar-refractivity contribution in [2.45, 2.75) is 79.9 Å². The molecule has 0 aromatic rings. The molecule has 0 aromatic heterocycles. The number of allylic oxidation sites excluding steroid dienone is 3. The molecule has 4 aliphatic carbocycles. The van der Waals surface area contributed by atoms with Crippen LogP contribution in [0.5, 0.6) is 0 Å². The van der Waals surface area contributed by atoms with Gasteiger partial charge in [-0.2, -0.15) is 0 Å². The van der Waals surface area contributed by atoms with Crippen molar-refractivity contribution in [3.63, 3.8) is 0 Å². The van der Waals surface area contributed by atoms with Crippen molar-refractivity contribution in [3.8, 4) is 0 Å². The molecule has 0 aromatic carbocycles. The Morgan fingerprint density at radius 2 is 1.86 bits per heavy atom. The standard InChI is InChI=1S/C29H40O6/c1-9-17(15-30)22-18(32)14-20-27(22,5)12-10-19-28(6)13-11-21(33)26(3,4)24(28)23(34-8)25(29(19,20)7)35-16(2)31/h11,13-15,17,19,22-25H,9-10,12H2,1-8H3/t17-,19-,22-,23-,24+,25-,27-,28-,29-/m1/s1. The number of hydrogen-bond donors (Lipinski definition) is 0. The van der Waals surface area contributed by atoms with Gasteiger partial charge >= 0.3 is 5.97 Å². The fourth-order valence-electron chi connectivity index (χ4n) is 9.02. The van der Waals surface area contributed by atoms with E-state index in [9.17, 15) is 19.2 Å². The van der Waals surface area contributed by atoms with E-state index in [-0.39, 0.29) is 29.3 Å². The van der Waals surface area contributed by atoms with E-state index >= 15 is 0 Å². The number of fused-ring (bicyclic) bond motifs is 5. The van der Waals surface area contributed by atoms with Gasteiger partial charge in [0.1, 0.15) is 12.4 Å². The third-order valence-corrected chi connectivity index (χ3v) is 10.4. The quantitative estimate of drug-likeness (QED) is 0.422. The van der Waals surface area contributed by atoms with Crippen LogP contribution in [0.15, 0.2) is 23.8 Å². The topological polar surface area (TPSA) is 86.7 Å². The van der Waals surface area contributed by atoms with Crippen LogP contribution in [-0.4, -0.2) is 43.1 Å². The Bertz CT molecular complexity index is 1020. The van der Waals surface area contributed by atoms with E-state index in [2.05, 4.69) is 20.8 Å². The Kier molecular flexibility index (Phi) is 6.11. The first-order chi connectivity index (χ1) is 16.2. The first-order valence-corrected chi connectivity index (χ1v) is 12.9. The van der Waals surface area contributed by atoms with Crippen molar-refractivity contribution in [1.29, 1.82) is 0 Å². The van der Waals surface area contributed by atoms with Crippen LogP contribution in [0.3, 0.4) is 0 Å². The molecular weight excluding hydrogens is 444 g/mol. The molecule has 2 fully saturated rings. The average Bonchev–Trinajstić information content (AvgIpc) is 3.05. The average molecular weight is 485 g/mol. The minimum absolute atomic E-state index is 0.0131. The summed E-state index contributed by atoms with van der Waals surface area (Å²) in [6.07, 6.45) is 7.37. The Morgan fingerprint density at radius 3 is 2.40 bits per heavy atom. The van der Waals surface area contributed by atoms with Crippen LogP contribution >= 0.6 is 0 Å². The Labute approximate surface area is 208 Å². The zero-order valence-electron chi connectivity index (χ0n) is 22.3. The van der Waals surface area contributed by atoms with Crippen molar-refractivity contribution in [2.75, 3.05) is 7.11 Å². The molecule has 0 heterocycles. The Hall–Kier alpha value is -2.08. The number of rotatable bonds is 5. The highest BCUT2D eigenvalue weighted by atomic mass is 16.6. The number of esters is 1. The second kappa shape index (κ2) is 8.22. The molecule has 2 saturated carbocycles. The number of methoxy groups -OCH3 is 1. The molecule has 0 N–H and O–H groups in total. The highest BCUT2D eigenvalue weighted by Gasteiger charge is 2.72. The molecule has 35 heavy (non-hydrogen) atoms. The summed E-state index contributed by atoms with van der Waals surface area (Å²) in [7, 11) is 1.61. The number of hydrogen-bond acceptors (Lipinski definition) is 6. The van der Waals surface area contributed by atoms with Gasteiger partial charge in [-0.1, -0.05) is 47.6 Å². The van der Waals surface area contributed by atoms with Gasteiger partial charge in [0.2, 0.25) is 0 Å². The predicted octanol–water partition coefficient (Wildman–Crippen LogP) is 4.51. The summed E-state index contributed by atoms with van der Waals surface area (Å²) in [6, 6.07) is 0. The van der Waals surface area contributed by atoms with Crippen LogP contribution in [0.4, 0.5) is 0 Å². The van der Waals surface area contributed by atoms with Crippen LogP contribution < -0.4 is 0 Å². The van der Waals surface area contributed by atoms with Gasteiger partial charge in [-0.15, -0.1) is 0 Å². The van der Waals surface area contributed by atoms with Crippen LogP contribution in [0, 0.1) is 45.3 Å². The zero-order valence-corrected chi connectivity index (χ0v) is 22.3. The second-order valence-corrected chi connectivity index (χ2v) is 12.4. The molecule has 0 radical (unpaired) electrons. The largest absolute Gasteiger partial charge is 0.459 e. The maximum atomic E-state index is 13.5. The molecule has 0 bridgehead atoms. The molecule has 0 amide bonds. The monoisotopic (exact) mass is 484 g/mol. The van der Waals surface area contributed by atoms with Gasteiger partial charge in [-0.05, 0) is 48.3 Å². The van der Waals surface area contributed by atoms with E-state index in [0.717, 1.165) is 24.7 Å². The SMILES string of the molecule is CC[C@H](C=O)[C@@H]1C(=O)C=C2[C@]3(C)[C@H](OC(C)=O)[C@H](OC)[C@H]4C(C)(C)C(=O)C=C[C@]4(C)[C@H]3CC[C@]21C. The van der Waals surface area contributed by atoms with Crippen LogP contribution in [0.25, 0.3) is 0 Å². The number of carbonyl (C=O) groups is 4. The van der Waals surface area contributed by atoms with Gasteiger partial charge in [0.05, 0.1) is 6.10 Å². The van der Waals surface area contributed by atoms with E-state index in [1.807, 2.05) is 26.8 Å². The third-order valence-electron chi connectivity index (χ3n) is 10.4. The summed E-state index contributed by atoms with van der Waals surface area (Å²) in [6.45, 7) is 13.7. The summed E-state index contributed by atoms with van der Waals surface area (Å²) in [5.41, 5.74) is -1.36. The summed E-state index contributed by atoms with van der Waals surface area (Å²) in [5, 5.41) is 0. The van der Waals surface area contributed by atoms with Crippen LogP contribution in [-0.2, 0) is 28.7 Å². The van der Waals surface area contributed by atoms with Gasteiger partial charge in [0.15, 0.2) is 11.6 Å². The maximum Gasteiger partial charge on any atom is 0.303 e. The molecule has 9 atom stereocenters. The molecule has 0 unspecified atom stereocenters. The third kappa shape index (κ3) is 3.24. The fraction of sp³-hybridized carbons (Fsp3) is 0.724. The van der Waals surface area contributed by atoms with Gasteiger partial charge in [-0.25, -0.2) is 0 Å². The molecular formula is C29H40O6. The van der Waals surface area contributed by atoms with E-state index in [1.54, 1.807) is 19.3 Å². The molecule has 4 rings (SSSR count). The summed E-state index contributed by atoms with van der Waals surface area (Å²) in [5.74, 6) is -1.35. The predicted molar refractivity (Wildman–Crippen MR) is 131 cm³/mol. The minimum Gasteiger partial charge on any atom is -0.459 e. The summed E-state index contributed by atoms with van der Waals surface area (Å²) < 4.78 is 12.2. The zero-order chi connectivity index (χ0) is 26.1. The first kappa shape index (κ1) is 26.0. The summed E-state index contributed by atoms with van der Waals surface area (Å²) in [4.78, 5) is 51.0. The Morgan fingerprint density at radius 1 is 1.20 bits per heavy atom. The van der Waals surface area contributed by atoms with E-state index < -0.39 is 45.8 Å². The van der Waals surface area contributed by atoms with E-state index in [4.69, 9.17) is 9.47 Å². The smallest absolute Gasteiger partial charge is 0.303 e. The lowest BCUT2D eigenvalue weighted by molar-refractivity contribution is -0.235. The molecule has 6 nitrogen and oxygen atoms in total. The lowest BCUT2D eigenvalue weighted by Crippen LogP contribution is -2.70. The molecule has 0 aliphatic heterocycles. The highest BCUT2D eigenvalue weighted by Crippen LogP contribution is 2.72. The number of ketones is 2. The van der Waals surface area contributed by atoms with Crippen molar-refractivity contribution in [2.24, 2.45) is 45.3 Å². The van der Waals surface area contributed by atoms with Crippen molar-refractivity contribution >= 4 is 23.8 Å². The van der Waals surface area contributed by atoms with Crippen LogP contribution in [0.2, 0.25) is 0 Å². The molecule has 192 valence electrons. The number of carbonyl (C=O) groups excluding carboxylic acids is 4. The summed E-state index contributed by atoms with van der Waals surface area (Å²) >= 11 is 0. The lowest BCUT2D eigenvalue weighted by Gasteiger charge is -2.68. The maximum absolute atomic E-state index is 13.5. The van der Waals surface area contributed by atoms with Gasteiger partial charge in [0.25, 0.3) is 0 Å². The highest BCUT2D eigenvalue weighted by molar-refractivity contribution is 5.99. The number of aldehydes is 1. The first-order valence-electron chi connectivity index (χ1n) is 12.9. The fourth-order valence-corrected chi connectivity index (χ4v) is 9.02. The molecule has 0 spiro atoms. The number of ether oxygens (including phenoxy) is 2. The molecule has 4 aliphatic rings. The van der Waals surface area contributed by atoms with Gasteiger partial charge < -0.3 is 14.3 Å². The molecule has 0 saturated heterocycles. The normalized spacial score (nSPS) is 44.6. The molecule has 6 heteroatoms. The minimum atomic E-state index is -0.710. The van der Waals surface area contributed by atoms with Crippen molar-refractivity contribution < 1.29 is 28.7 Å². The second-order valence-electron chi connectivity index (χ2n) is 12.4. The van der Waals surface area contributed by atoms with Crippen molar-refractivity contribution in [3.05, 3.63) is 23.8 Å².